The van der Waals surface area contributed by atoms with Crippen LogP contribution < -0.4 is 17.2 Å². The third-order valence-corrected chi connectivity index (χ3v) is 1.20. The van der Waals surface area contributed by atoms with Crippen molar-refractivity contribution in [1.29, 1.82) is 0 Å². The van der Waals surface area contributed by atoms with Crippen LogP contribution in [0.25, 0.3) is 0 Å². The summed E-state index contributed by atoms with van der Waals surface area (Å²) in [4.78, 5) is 7.44. The molecule has 0 bridgehead atoms. The third kappa shape index (κ3) is 8.79. The summed E-state index contributed by atoms with van der Waals surface area (Å²) in [5.74, 6) is 0.515. The molecule has 14 heavy (non-hydrogen) atoms. The van der Waals surface area contributed by atoms with E-state index in [0.29, 0.717) is 19.1 Å². The van der Waals surface area contributed by atoms with E-state index in [9.17, 15) is 0 Å². The van der Waals surface area contributed by atoms with E-state index in [0.717, 1.165) is 6.61 Å². The molecule has 0 heterocycles. The molecular formula is C8H19N5O. The molecule has 0 aliphatic heterocycles. The normalized spacial score (nSPS) is 11.8. The van der Waals surface area contributed by atoms with Crippen molar-refractivity contribution in [2.75, 3.05) is 19.8 Å². The summed E-state index contributed by atoms with van der Waals surface area (Å²) in [6.07, 6.45) is 0. The summed E-state index contributed by atoms with van der Waals surface area (Å²) in [6, 6.07) is 0. The maximum absolute atomic E-state index is 5.36. The second-order valence-corrected chi connectivity index (χ2v) is 3.25. The maximum Gasteiger partial charge on any atom is 0.218 e. The highest BCUT2D eigenvalue weighted by Gasteiger charge is 1.93. The molecule has 0 saturated carbocycles. The van der Waals surface area contributed by atoms with Crippen molar-refractivity contribution >= 4 is 11.9 Å². The van der Waals surface area contributed by atoms with E-state index in [4.69, 9.17) is 21.9 Å². The van der Waals surface area contributed by atoms with Gasteiger partial charge >= 0.3 is 0 Å². The van der Waals surface area contributed by atoms with Crippen molar-refractivity contribution in [2.24, 2.45) is 33.1 Å². The number of nitrogens with two attached hydrogens (primary N) is 3. The van der Waals surface area contributed by atoms with E-state index < -0.39 is 0 Å². The minimum absolute atomic E-state index is 0.0816. The lowest BCUT2D eigenvalue weighted by molar-refractivity contribution is 0.117. The number of ether oxygens (including phenoxy) is 1. The van der Waals surface area contributed by atoms with Crippen molar-refractivity contribution in [2.45, 2.75) is 13.8 Å². The van der Waals surface area contributed by atoms with Gasteiger partial charge in [0.2, 0.25) is 5.96 Å². The van der Waals surface area contributed by atoms with E-state index in [1.807, 2.05) is 0 Å². The van der Waals surface area contributed by atoms with Gasteiger partial charge in [-0.1, -0.05) is 13.8 Å². The van der Waals surface area contributed by atoms with Gasteiger partial charge in [0.1, 0.15) is 0 Å². The maximum atomic E-state index is 5.36. The summed E-state index contributed by atoms with van der Waals surface area (Å²) < 4.78 is 5.28. The molecule has 0 atom stereocenters. The molecule has 6 heteroatoms. The van der Waals surface area contributed by atoms with Gasteiger partial charge in [-0.25, -0.2) is 4.99 Å². The first-order valence-electron chi connectivity index (χ1n) is 4.49. The third-order valence-electron chi connectivity index (χ3n) is 1.20. The molecule has 6 nitrogen and oxygen atoms in total. The molecule has 0 aliphatic rings. The molecule has 0 spiro atoms. The molecule has 0 rings (SSSR count). The molecule has 0 aliphatic carbocycles. The first kappa shape index (κ1) is 12.7. The summed E-state index contributed by atoms with van der Waals surface area (Å²) in [5, 5.41) is 0. The first-order chi connectivity index (χ1) is 6.52. The lowest BCUT2D eigenvalue weighted by Crippen LogP contribution is -2.26. The zero-order valence-corrected chi connectivity index (χ0v) is 8.73. The molecule has 0 aromatic rings. The Morgan fingerprint density at radius 1 is 1.29 bits per heavy atom. The van der Waals surface area contributed by atoms with Crippen LogP contribution in [0.5, 0.6) is 0 Å². The predicted molar refractivity (Wildman–Crippen MR) is 58.0 cm³/mol. The number of hydrogen-bond acceptors (Lipinski definition) is 2. The molecule has 82 valence electrons. The van der Waals surface area contributed by atoms with Crippen LogP contribution in [0, 0.1) is 5.92 Å². The van der Waals surface area contributed by atoms with Crippen LogP contribution in [0.3, 0.4) is 0 Å². The van der Waals surface area contributed by atoms with Gasteiger partial charge in [-0.05, 0) is 5.92 Å². The molecule has 6 N–H and O–H groups in total. The average molecular weight is 201 g/mol. The van der Waals surface area contributed by atoms with Crippen molar-refractivity contribution in [3.05, 3.63) is 0 Å². The topological polar surface area (TPSA) is 112 Å². The second kappa shape index (κ2) is 7.14. The quantitative estimate of drug-likeness (QED) is 0.308. The molecule has 0 radical (unpaired) electrons. The zero-order valence-electron chi connectivity index (χ0n) is 8.73. The van der Waals surface area contributed by atoms with E-state index in [1.165, 1.54) is 0 Å². The fourth-order valence-electron chi connectivity index (χ4n) is 0.711. The Hall–Kier alpha value is -1.30. The monoisotopic (exact) mass is 201 g/mol. The van der Waals surface area contributed by atoms with Crippen LogP contribution in [-0.2, 0) is 4.74 Å². The van der Waals surface area contributed by atoms with E-state index in [2.05, 4.69) is 23.8 Å². The Labute approximate surface area is 84.2 Å². The van der Waals surface area contributed by atoms with Gasteiger partial charge in [-0.15, -0.1) is 0 Å². The average Bonchev–Trinajstić information content (AvgIpc) is 2.01. The Balaban J connectivity index is 3.56. The van der Waals surface area contributed by atoms with Crippen LogP contribution >= 0.6 is 0 Å². The van der Waals surface area contributed by atoms with Crippen LogP contribution in [0.15, 0.2) is 9.98 Å². The van der Waals surface area contributed by atoms with Gasteiger partial charge in [-0.2, -0.15) is 4.99 Å². The van der Waals surface area contributed by atoms with E-state index in [-0.39, 0.29) is 11.9 Å². The molecule has 0 amide bonds. The number of nitrogens with zero attached hydrogens (tertiary/aromatic N) is 2. The zero-order chi connectivity index (χ0) is 11.0. The van der Waals surface area contributed by atoms with Gasteiger partial charge in [-0.3, -0.25) is 0 Å². The Kier molecular flexibility index (Phi) is 6.47. The van der Waals surface area contributed by atoms with Crippen LogP contribution in [-0.4, -0.2) is 31.7 Å². The summed E-state index contributed by atoms with van der Waals surface area (Å²) in [6.45, 7) is 5.88. The minimum Gasteiger partial charge on any atom is -0.379 e. The lowest BCUT2D eigenvalue weighted by atomic mass is 10.2. The number of rotatable bonds is 5. The predicted octanol–water partition coefficient (Wildman–Crippen LogP) is -0.753. The largest absolute Gasteiger partial charge is 0.379 e. The highest BCUT2D eigenvalue weighted by Crippen LogP contribution is 1.91. The molecule has 0 fully saturated rings. The number of hydrogen-bond donors (Lipinski definition) is 3. The standard InChI is InChI=1S/C8H19N5O/c1-6(2)5-14-4-3-12-8(11)13-7(9)10/h6H,3-5H2,1-2H3,(H6,9,10,11,12,13). The molecule has 0 unspecified atom stereocenters. The fraction of sp³-hybridized carbons (Fsp3) is 0.750. The van der Waals surface area contributed by atoms with Crippen molar-refractivity contribution in [3.8, 4) is 0 Å². The van der Waals surface area contributed by atoms with Crippen molar-refractivity contribution in [3.63, 3.8) is 0 Å². The van der Waals surface area contributed by atoms with Gasteiger partial charge in [0.25, 0.3) is 0 Å². The fourth-order valence-corrected chi connectivity index (χ4v) is 0.711. The van der Waals surface area contributed by atoms with Gasteiger partial charge in [0.05, 0.1) is 13.2 Å². The summed E-state index contributed by atoms with van der Waals surface area (Å²) in [5.41, 5.74) is 15.6. The smallest absolute Gasteiger partial charge is 0.218 e. The highest BCUT2D eigenvalue weighted by molar-refractivity contribution is 5.92. The first-order valence-corrected chi connectivity index (χ1v) is 4.49. The van der Waals surface area contributed by atoms with Gasteiger partial charge < -0.3 is 21.9 Å². The number of guanidine groups is 2. The molecule has 0 aromatic heterocycles. The summed E-state index contributed by atoms with van der Waals surface area (Å²) in [7, 11) is 0. The molecule has 0 saturated heterocycles. The Morgan fingerprint density at radius 2 is 1.93 bits per heavy atom. The van der Waals surface area contributed by atoms with Crippen molar-refractivity contribution < 1.29 is 4.74 Å². The Morgan fingerprint density at radius 3 is 2.43 bits per heavy atom. The number of aliphatic imine (C=N–C) groups is 2. The molecular weight excluding hydrogens is 182 g/mol. The van der Waals surface area contributed by atoms with Crippen LogP contribution in [0.1, 0.15) is 13.8 Å². The van der Waals surface area contributed by atoms with Crippen LogP contribution in [0.2, 0.25) is 0 Å². The van der Waals surface area contributed by atoms with Gasteiger partial charge in [0, 0.05) is 6.61 Å². The van der Waals surface area contributed by atoms with Crippen LogP contribution in [0.4, 0.5) is 0 Å². The Bertz CT molecular complexity index is 208. The molecule has 0 aromatic carbocycles. The minimum atomic E-state index is -0.0886. The van der Waals surface area contributed by atoms with Gasteiger partial charge in [0.15, 0.2) is 5.96 Å². The SMILES string of the molecule is CC(C)COCCN=C(N)N=C(N)N. The summed E-state index contributed by atoms with van der Waals surface area (Å²) >= 11 is 0. The second-order valence-electron chi connectivity index (χ2n) is 3.25. The van der Waals surface area contributed by atoms with E-state index >= 15 is 0 Å². The van der Waals surface area contributed by atoms with Crippen molar-refractivity contribution in [1.82, 2.24) is 0 Å². The highest BCUT2D eigenvalue weighted by atomic mass is 16.5. The lowest BCUT2D eigenvalue weighted by Gasteiger charge is -2.04. The van der Waals surface area contributed by atoms with E-state index in [1.54, 1.807) is 0 Å².